The molecule has 0 aromatic heterocycles. The number of hydrogen-bond donors (Lipinski definition) is 1. The average molecular weight is 291 g/mol. The molecule has 2 atom stereocenters. The van der Waals surface area contributed by atoms with Crippen molar-refractivity contribution in [3.63, 3.8) is 0 Å². The summed E-state index contributed by atoms with van der Waals surface area (Å²) in [7, 11) is 0. The number of rotatable bonds is 2. The quantitative estimate of drug-likeness (QED) is 0.909. The van der Waals surface area contributed by atoms with E-state index in [2.05, 4.69) is 38.2 Å². The molecule has 4 heteroatoms. The summed E-state index contributed by atoms with van der Waals surface area (Å²) in [5.41, 5.74) is 1.02. The van der Waals surface area contributed by atoms with E-state index >= 15 is 0 Å². The van der Waals surface area contributed by atoms with E-state index < -0.39 is 0 Å². The Labute approximate surface area is 126 Å². The first kappa shape index (κ1) is 14.7. The van der Waals surface area contributed by atoms with Crippen LogP contribution in [0.5, 0.6) is 11.5 Å². The third-order valence-electron chi connectivity index (χ3n) is 4.58. The second kappa shape index (κ2) is 5.85. The Bertz CT molecular complexity index is 503. The number of hydrogen-bond acceptors (Lipinski definition) is 4. The van der Waals surface area contributed by atoms with Gasteiger partial charge in [0, 0.05) is 19.5 Å². The average Bonchev–Trinajstić information content (AvgIpc) is 2.71. The smallest absolute Gasteiger partial charge is 0.161 e. The molecule has 0 bridgehead atoms. The van der Waals surface area contributed by atoms with Crippen molar-refractivity contribution in [1.29, 1.82) is 0 Å². The minimum atomic E-state index is -0.132. The largest absolute Gasteiger partial charge is 0.490 e. The molecule has 116 valence electrons. The summed E-state index contributed by atoms with van der Waals surface area (Å²) in [5.74, 6) is 2.14. The summed E-state index contributed by atoms with van der Waals surface area (Å²) in [4.78, 5) is 0. The van der Waals surface area contributed by atoms with E-state index in [0.29, 0.717) is 12.5 Å². The molecule has 21 heavy (non-hydrogen) atoms. The SMILES string of the molecule is CC(C)C1(C)CNCC(c2ccc3c(c2)OCCCO3)O1. The fourth-order valence-electron chi connectivity index (χ4n) is 2.77. The molecule has 0 saturated carbocycles. The number of morpholine rings is 1. The predicted molar refractivity (Wildman–Crippen MR) is 82.0 cm³/mol. The second-order valence-corrected chi connectivity index (χ2v) is 6.46. The van der Waals surface area contributed by atoms with Gasteiger partial charge in [0.1, 0.15) is 0 Å². The van der Waals surface area contributed by atoms with Gasteiger partial charge in [0.25, 0.3) is 0 Å². The van der Waals surface area contributed by atoms with Crippen molar-refractivity contribution < 1.29 is 14.2 Å². The zero-order chi connectivity index (χ0) is 14.9. The van der Waals surface area contributed by atoms with Gasteiger partial charge in [-0.15, -0.1) is 0 Å². The van der Waals surface area contributed by atoms with Crippen LogP contribution in [0.25, 0.3) is 0 Å². The molecule has 0 amide bonds. The van der Waals surface area contributed by atoms with Crippen molar-refractivity contribution in [2.75, 3.05) is 26.3 Å². The van der Waals surface area contributed by atoms with Gasteiger partial charge in [0.05, 0.1) is 24.9 Å². The van der Waals surface area contributed by atoms with Crippen molar-refractivity contribution >= 4 is 0 Å². The molecule has 1 fully saturated rings. The Kier molecular flexibility index (Phi) is 4.09. The molecule has 2 aliphatic rings. The van der Waals surface area contributed by atoms with Gasteiger partial charge < -0.3 is 19.5 Å². The third kappa shape index (κ3) is 3.01. The lowest BCUT2D eigenvalue weighted by Gasteiger charge is -2.42. The van der Waals surface area contributed by atoms with Crippen LogP contribution in [0.4, 0.5) is 0 Å². The molecule has 0 radical (unpaired) electrons. The van der Waals surface area contributed by atoms with Crippen LogP contribution in [0.15, 0.2) is 18.2 Å². The van der Waals surface area contributed by atoms with E-state index in [0.717, 1.165) is 43.2 Å². The number of ether oxygens (including phenoxy) is 3. The van der Waals surface area contributed by atoms with Crippen LogP contribution >= 0.6 is 0 Å². The minimum Gasteiger partial charge on any atom is -0.490 e. The van der Waals surface area contributed by atoms with Crippen molar-refractivity contribution in [3.05, 3.63) is 23.8 Å². The van der Waals surface area contributed by atoms with Crippen LogP contribution in [0.1, 0.15) is 38.9 Å². The van der Waals surface area contributed by atoms with Gasteiger partial charge in [-0.1, -0.05) is 19.9 Å². The highest BCUT2D eigenvalue weighted by atomic mass is 16.5. The normalized spacial score (nSPS) is 29.2. The van der Waals surface area contributed by atoms with Crippen molar-refractivity contribution in [3.8, 4) is 11.5 Å². The highest BCUT2D eigenvalue weighted by molar-refractivity contribution is 5.44. The molecule has 3 rings (SSSR count). The first-order valence-electron chi connectivity index (χ1n) is 7.86. The van der Waals surface area contributed by atoms with Gasteiger partial charge in [0.2, 0.25) is 0 Å². The Morgan fingerprint density at radius 1 is 1.19 bits per heavy atom. The Morgan fingerprint density at radius 2 is 1.95 bits per heavy atom. The molecule has 1 aromatic carbocycles. The summed E-state index contributed by atoms with van der Waals surface area (Å²) in [6.45, 7) is 9.76. The summed E-state index contributed by atoms with van der Waals surface area (Å²) < 4.78 is 17.9. The van der Waals surface area contributed by atoms with Crippen LogP contribution < -0.4 is 14.8 Å². The van der Waals surface area contributed by atoms with Crippen LogP contribution in [0.2, 0.25) is 0 Å². The van der Waals surface area contributed by atoms with Gasteiger partial charge >= 0.3 is 0 Å². The molecular weight excluding hydrogens is 266 g/mol. The third-order valence-corrected chi connectivity index (χ3v) is 4.58. The molecule has 2 unspecified atom stereocenters. The molecular formula is C17H25NO3. The van der Waals surface area contributed by atoms with Gasteiger partial charge in [-0.05, 0) is 30.5 Å². The molecule has 1 aromatic rings. The minimum absolute atomic E-state index is 0.0586. The summed E-state index contributed by atoms with van der Waals surface area (Å²) in [6.07, 6.45) is 0.986. The lowest BCUT2D eigenvalue weighted by Crippen LogP contribution is -2.52. The lowest BCUT2D eigenvalue weighted by atomic mass is 9.89. The first-order chi connectivity index (χ1) is 10.1. The fraction of sp³-hybridized carbons (Fsp3) is 0.647. The van der Waals surface area contributed by atoms with Crippen LogP contribution in [-0.4, -0.2) is 31.9 Å². The van der Waals surface area contributed by atoms with E-state index in [9.17, 15) is 0 Å². The van der Waals surface area contributed by atoms with E-state index in [-0.39, 0.29) is 11.7 Å². The monoisotopic (exact) mass is 291 g/mol. The highest BCUT2D eigenvalue weighted by Gasteiger charge is 2.36. The highest BCUT2D eigenvalue weighted by Crippen LogP contribution is 2.36. The molecule has 1 saturated heterocycles. The van der Waals surface area contributed by atoms with E-state index in [1.165, 1.54) is 0 Å². The fourth-order valence-corrected chi connectivity index (χ4v) is 2.77. The van der Waals surface area contributed by atoms with Gasteiger partial charge in [-0.2, -0.15) is 0 Å². The second-order valence-electron chi connectivity index (χ2n) is 6.46. The Balaban J connectivity index is 1.82. The van der Waals surface area contributed by atoms with Crippen molar-refractivity contribution in [2.45, 2.75) is 38.9 Å². The number of fused-ring (bicyclic) bond motifs is 1. The molecule has 1 N–H and O–H groups in total. The first-order valence-corrected chi connectivity index (χ1v) is 7.86. The zero-order valence-corrected chi connectivity index (χ0v) is 13.1. The van der Waals surface area contributed by atoms with E-state index in [1.807, 2.05) is 6.07 Å². The van der Waals surface area contributed by atoms with Crippen LogP contribution in [-0.2, 0) is 4.74 Å². The van der Waals surface area contributed by atoms with Gasteiger partial charge in [-0.25, -0.2) is 0 Å². The topological polar surface area (TPSA) is 39.7 Å². The maximum Gasteiger partial charge on any atom is 0.161 e. The maximum absolute atomic E-state index is 6.38. The van der Waals surface area contributed by atoms with Gasteiger partial charge in [-0.3, -0.25) is 0 Å². The molecule has 0 spiro atoms. The molecule has 2 aliphatic heterocycles. The van der Waals surface area contributed by atoms with Crippen molar-refractivity contribution in [2.24, 2.45) is 5.92 Å². The van der Waals surface area contributed by atoms with Crippen LogP contribution in [0, 0.1) is 5.92 Å². The van der Waals surface area contributed by atoms with Gasteiger partial charge in [0.15, 0.2) is 11.5 Å². The number of benzene rings is 1. The Morgan fingerprint density at radius 3 is 2.71 bits per heavy atom. The maximum atomic E-state index is 6.38. The summed E-state index contributed by atoms with van der Waals surface area (Å²) in [6, 6.07) is 6.16. The molecule has 0 aliphatic carbocycles. The van der Waals surface area contributed by atoms with E-state index in [1.54, 1.807) is 0 Å². The molecule has 4 nitrogen and oxygen atoms in total. The van der Waals surface area contributed by atoms with E-state index in [4.69, 9.17) is 14.2 Å². The zero-order valence-electron chi connectivity index (χ0n) is 13.1. The molecule has 2 heterocycles. The summed E-state index contributed by atoms with van der Waals surface area (Å²) >= 11 is 0. The van der Waals surface area contributed by atoms with Crippen molar-refractivity contribution in [1.82, 2.24) is 5.32 Å². The predicted octanol–water partition coefficient (Wildman–Crippen LogP) is 2.92. The summed E-state index contributed by atoms with van der Waals surface area (Å²) in [5, 5.41) is 3.50. The Hall–Kier alpha value is -1.26. The van der Waals surface area contributed by atoms with Crippen LogP contribution in [0.3, 0.4) is 0 Å². The lowest BCUT2D eigenvalue weighted by molar-refractivity contribution is -0.132. The standard InChI is InChI=1S/C17H25NO3/c1-12(2)17(3)11-18-10-16(21-17)13-5-6-14-15(9-13)20-8-4-7-19-14/h5-6,9,12,16,18H,4,7-8,10-11H2,1-3H3. The number of nitrogens with one attached hydrogen (secondary N) is 1.